The van der Waals surface area contributed by atoms with Gasteiger partial charge < -0.3 is 4.90 Å². The third-order valence-corrected chi connectivity index (χ3v) is 4.60. The molecule has 3 rings (SSSR count). The number of halogens is 3. The average Bonchev–Trinajstić information content (AvgIpc) is 2.90. The van der Waals surface area contributed by atoms with E-state index >= 15 is 0 Å². The molecule has 2 fully saturated rings. The molecule has 1 saturated carbocycles. The third-order valence-electron chi connectivity index (χ3n) is 4.17. The van der Waals surface area contributed by atoms with Gasteiger partial charge in [0.15, 0.2) is 0 Å². The maximum Gasteiger partial charge on any atom is 0.255 e. The van der Waals surface area contributed by atoms with Crippen molar-refractivity contribution in [3.8, 4) is 0 Å². The van der Waals surface area contributed by atoms with Crippen LogP contribution in [0.5, 0.6) is 0 Å². The van der Waals surface area contributed by atoms with Crippen molar-refractivity contribution < 1.29 is 13.6 Å². The lowest BCUT2D eigenvalue weighted by molar-refractivity contribution is 0.0284. The van der Waals surface area contributed by atoms with Gasteiger partial charge in [0.05, 0.1) is 5.56 Å². The van der Waals surface area contributed by atoms with Crippen molar-refractivity contribution in [3.63, 3.8) is 0 Å². The zero-order valence-corrected chi connectivity index (χ0v) is 11.8. The fourth-order valence-electron chi connectivity index (χ4n) is 2.77. The van der Waals surface area contributed by atoms with Crippen LogP contribution in [0.2, 0.25) is 0 Å². The number of hydrogen-bond donors (Lipinski definition) is 0. The van der Waals surface area contributed by atoms with Gasteiger partial charge in [0.2, 0.25) is 0 Å². The maximum atomic E-state index is 13.3. The van der Waals surface area contributed by atoms with E-state index in [1.807, 2.05) is 0 Å². The molecule has 2 aliphatic rings. The molecule has 0 radical (unpaired) electrons. The number of piperidine rings is 1. The molecule has 1 spiro atoms. The van der Waals surface area contributed by atoms with Gasteiger partial charge in [-0.1, -0.05) is 0 Å². The molecule has 1 aromatic rings. The molecule has 6 heteroatoms. The van der Waals surface area contributed by atoms with Crippen molar-refractivity contribution in [3.05, 3.63) is 28.5 Å². The minimum Gasteiger partial charge on any atom is -0.339 e. The highest BCUT2D eigenvalue weighted by molar-refractivity contribution is 9.10. The highest BCUT2D eigenvalue weighted by Gasteiger charge is 2.70. The predicted octanol–water partition coefficient (Wildman–Crippen LogP) is 3.11. The molecule has 2 heterocycles. The fraction of sp³-hybridized carbons (Fsp3) is 0.538. The summed E-state index contributed by atoms with van der Waals surface area (Å²) >= 11 is 3.27. The maximum absolute atomic E-state index is 13.3. The Morgan fingerprint density at radius 3 is 2.47 bits per heavy atom. The first kappa shape index (κ1) is 13.0. The number of carbonyl (C=O) groups is 1. The third kappa shape index (κ3) is 2.16. The van der Waals surface area contributed by atoms with Crippen LogP contribution in [-0.2, 0) is 0 Å². The van der Waals surface area contributed by atoms with Gasteiger partial charge in [-0.15, -0.1) is 0 Å². The Balaban J connectivity index is 1.67. The van der Waals surface area contributed by atoms with Gasteiger partial charge in [0, 0.05) is 41.8 Å². The van der Waals surface area contributed by atoms with E-state index in [0.29, 0.717) is 31.5 Å². The Kier molecular flexibility index (Phi) is 2.89. The van der Waals surface area contributed by atoms with E-state index in [4.69, 9.17) is 0 Å². The molecule has 1 amide bonds. The number of likely N-dealkylation sites (tertiary alicyclic amines) is 1. The minimum atomic E-state index is -2.51. The normalized spacial score (nSPS) is 23.4. The van der Waals surface area contributed by atoms with Crippen molar-refractivity contribution in [2.24, 2.45) is 5.41 Å². The Morgan fingerprint density at radius 1 is 1.32 bits per heavy atom. The number of carbonyl (C=O) groups excluding carboxylic acids is 1. The SMILES string of the molecule is O=C(c1cncc(Br)c1)N1CCC2(CC1)CC2(F)F. The number of pyridine rings is 1. The quantitative estimate of drug-likeness (QED) is 0.792. The van der Waals surface area contributed by atoms with E-state index in [2.05, 4.69) is 20.9 Å². The Bertz CT molecular complexity index is 527. The number of hydrogen-bond acceptors (Lipinski definition) is 2. The first-order chi connectivity index (χ1) is 8.94. The van der Waals surface area contributed by atoms with Gasteiger partial charge in [-0.25, -0.2) is 8.78 Å². The lowest BCUT2D eigenvalue weighted by Crippen LogP contribution is -2.40. The second kappa shape index (κ2) is 4.23. The van der Waals surface area contributed by atoms with E-state index in [0.717, 1.165) is 4.47 Å². The molecular formula is C13H13BrF2N2O. The van der Waals surface area contributed by atoms with Crippen LogP contribution in [0.15, 0.2) is 22.9 Å². The predicted molar refractivity (Wildman–Crippen MR) is 69.1 cm³/mol. The first-order valence-electron chi connectivity index (χ1n) is 6.21. The second-order valence-electron chi connectivity index (χ2n) is 5.35. The van der Waals surface area contributed by atoms with Crippen molar-refractivity contribution in [2.75, 3.05) is 13.1 Å². The molecule has 0 bridgehead atoms. The zero-order valence-electron chi connectivity index (χ0n) is 10.2. The molecule has 0 aromatic carbocycles. The molecule has 19 heavy (non-hydrogen) atoms. The highest BCUT2D eigenvalue weighted by atomic mass is 79.9. The Morgan fingerprint density at radius 2 is 1.95 bits per heavy atom. The molecule has 1 saturated heterocycles. The second-order valence-corrected chi connectivity index (χ2v) is 6.26. The molecule has 0 N–H and O–H groups in total. The van der Waals surface area contributed by atoms with Gasteiger partial charge in [-0.3, -0.25) is 9.78 Å². The smallest absolute Gasteiger partial charge is 0.255 e. The molecule has 3 nitrogen and oxygen atoms in total. The molecule has 102 valence electrons. The van der Waals surface area contributed by atoms with Crippen molar-refractivity contribution in [1.29, 1.82) is 0 Å². The number of amides is 1. The summed E-state index contributed by atoms with van der Waals surface area (Å²) in [5.74, 6) is -2.65. The average molecular weight is 331 g/mol. The minimum absolute atomic E-state index is 0.0134. The van der Waals surface area contributed by atoms with E-state index in [1.165, 1.54) is 6.20 Å². The van der Waals surface area contributed by atoms with Gasteiger partial charge in [-0.05, 0) is 34.8 Å². The van der Waals surface area contributed by atoms with Crippen LogP contribution in [0.3, 0.4) is 0 Å². The Hall–Kier alpha value is -1.04. The van der Waals surface area contributed by atoms with Crippen molar-refractivity contribution >= 4 is 21.8 Å². The van der Waals surface area contributed by atoms with Crippen molar-refractivity contribution in [1.82, 2.24) is 9.88 Å². The summed E-state index contributed by atoms with van der Waals surface area (Å²) in [5, 5.41) is 0. The van der Waals surface area contributed by atoms with Gasteiger partial charge in [0.1, 0.15) is 0 Å². The molecule has 0 atom stereocenters. The number of alkyl halides is 2. The van der Waals surface area contributed by atoms with Crippen LogP contribution in [-0.4, -0.2) is 34.8 Å². The van der Waals surface area contributed by atoms with Crippen molar-refractivity contribution in [2.45, 2.75) is 25.2 Å². The summed E-state index contributed by atoms with van der Waals surface area (Å²) in [5.41, 5.74) is -0.327. The van der Waals surface area contributed by atoms with Gasteiger partial charge >= 0.3 is 0 Å². The first-order valence-corrected chi connectivity index (χ1v) is 7.01. The number of rotatable bonds is 1. The van der Waals surface area contributed by atoms with Crippen LogP contribution in [0.25, 0.3) is 0 Å². The molecule has 1 aromatic heterocycles. The number of nitrogens with zero attached hydrogens (tertiary/aromatic N) is 2. The number of aromatic nitrogens is 1. The van der Waals surface area contributed by atoms with Crippen LogP contribution in [0, 0.1) is 5.41 Å². The van der Waals surface area contributed by atoms with E-state index in [9.17, 15) is 13.6 Å². The Labute approximate surface area is 118 Å². The summed E-state index contributed by atoms with van der Waals surface area (Å²) in [4.78, 5) is 17.8. The molecule has 1 aliphatic carbocycles. The lowest BCUT2D eigenvalue weighted by Gasteiger charge is -2.32. The summed E-state index contributed by atoms with van der Waals surface area (Å²) < 4.78 is 27.3. The summed E-state index contributed by atoms with van der Waals surface area (Å²) in [7, 11) is 0. The van der Waals surface area contributed by atoms with Gasteiger partial charge in [-0.2, -0.15) is 0 Å². The van der Waals surface area contributed by atoms with Crippen LogP contribution < -0.4 is 0 Å². The molecule has 0 unspecified atom stereocenters. The summed E-state index contributed by atoms with van der Waals surface area (Å²) in [6, 6.07) is 1.70. The monoisotopic (exact) mass is 330 g/mol. The van der Waals surface area contributed by atoms with Crippen LogP contribution >= 0.6 is 15.9 Å². The fourth-order valence-corrected chi connectivity index (χ4v) is 3.14. The summed E-state index contributed by atoms with van der Waals surface area (Å²) in [6.45, 7) is 0.807. The van der Waals surface area contributed by atoms with E-state index in [-0.39, 0.29) is 12.3 Å². The molecular weight excluding hydrogens is 318 g/mol. The largest absolute Gasteiger partial charge is 0.339 e. The highest BCUT2D eigenvalue weighted by Crippen LogP contribution is 2.65. The summed E-state index contributed by atoms with van der Waals surface area (Å²) in [6.07, 6.45) is 3.89. The lowest BCUT2D eigenvalue weighted by atomic mass is 9.92. The van der Waals surface area contributed by atoms with E-state index < -0.39 is 11.3 Å². The van der Waals surface area contributed by atoms with Crippen LogP contribution in [0.1, 0.15) is 29.6 Å². The molecule has 1 aliphatic heterocycles. The van der Waals surface area contributed by atoms with Crippen LogP contribution in [0.4, 0.5) is 8.78 Å². The standard InChI is InChI=1S/C13H13BrF2N2O/c14-10-5-9(6-17-7-10)11(19)18-3-1-12(2-4-18)8-13(12,15)16/h5-7H,1-4,8H2. The zero-order chi connectivity index (χ0) is 13.7. The van der Waals surface area contributed by atoms with Gasteiger partial charge in [0.25, 0.3) is 11.8 Å². The topological polar surface area (TPSA) is 33.2 Å². The van der Waals surface area contributed by atoms with E-state index in [1.54, 1.807) is 17.2 Å².